The van der Waals surface area contributed by atoms with E-state index in [0.29, 0.717) is 27.8 Å². The first kappa shape index (κ1) is 21.8. The van der Waals surface area contributed by atoms with Crippen molar-refractivity contribution >= 4 is 50.5 Å². The smallest absolute Gasteiger partial charge is 0.252 e. The standard InChI is InChI=1S/C19H22ClN3O4S2/c1-13-4-5-16(15(20)11-13)22-17(24)12-21-19(25)14-6-8-23(9-7-14)29(26,27)18-3-2-10-28-18/h2-5,10-11,14H,6-9,12H2,1H3,(H,21,25)(H,22,24). The van der Waals surface area contributed by atoms with Gasteiger partial charge in [0.1, 0.15) is 4.21 Å². The molecule has 2 heterocycles. The normalized spacial score (nSPS) is 15.8. The van der Waals surface area contributed by atoms with Gasteiger partial charge in [0.2, 0.25) is 11.8 Å². The summed E-state index contributed by atoms with van der Waals surface area (Å²) in [7, 11) is -3.49. The lowest BCUT2D eigenvalue weighted by Crippen LogP contribution is -2.44. The fourth-order valence-electron chi connectivity index (χ4n) is 3.12. The Balaban J connectivity index is 1.47. The molecule has 0 spiro atoms. The van der Waals surface area contributed by atoms with Gasteiger partial charge >= 0.3 is 0 Å². The van der Waals surface area contributed by atoms with Crippen LogP contribution in [0.15, 0.2) is 39.9 Å². The molecule has 1 aliphatic rings. The number of anilines is 1. The maximum absolute atomic E-state index is 12.5. The van der Waals surface area contributed by atoms with Gasteiger partial charge in [-0.15, -0.1) is 11.3 Å². The molecule has 0 bridgehead atoms. The summed E-state index contributed by atoms with van der Waals surface area (Å²) in [6, 6.07) is 8.57. The Bertz CT molecular complexity index is 985. The Morgan fingerprint density at radius 3 is 2.59 bits per heavy atom. The summed E-state index contributed by atoms with van der Waals surface area (Å²) in [5, 5.41) is 7.45. The second kappa shape index (κ2) is 9.25. The molecule has 29 heavy (non-hydrogen) atoms. The Morgan fingerprint density at radius 2 is 1.97 bits per heavy atom. The number of halogens is 1. The highest BCUT2D eigenvalue weighted by Gasteiger charge is 2.32. The lowest BCUT2D eigenvalue weighted by Gasteiger charge is -2.30. The van der Waals surface area contributed by atoms with E-state index >= 15 is 0 Å². The van der Waals surface area contributed by atoms with Crippen molar-refractivity contribution in [2.45, 2.75) is 24.0 Å². The lowest BCUT2D eigenvalue weighted by molar-refractivity contribution is -0.128. The Kier molecular flexibility index (Phi) is 6.94. The summed E-state index contributed by atoms with van der Waals surface area (Å²) < 4.78 is 26.8. The third-order valence-electron chi connectivity index (χ3n) is 4.74. The van der Waals surface area contributed by atoms with Crippen LogP contribution in [0.5, 0.6) is 0 Å². The molecule has 10 heteroatoms. The van der Waals surface area contributed by atoms with E-state index in [1.165, 1.54) is 15.6 Å². The summed E-state index contributed by atoms with van der Waals surface area (Å²) >= 11 is 7.27. The fraction of sp³-hybridized carbons (Fsp3) is 0.368. The molecule has 1 aromatic carbocycles. The first-order valence-electron chi connectivity index (χ1n) is 9.15. The zero-order valence-corrected chi connectivity index (χ0v) is 18.2. The predicted octanol–water partition coefficient (Wildman–Crippen LogP) is 2.87. The van der Waals surface area contributed by atoms with E-state index in [1.54, 1.807) is 29.6 Å². The maximum atomic E-state index is 12.5. The average molecular weight is 456 g/mol. The molecule has 0 unspecified atom stereocenters. The predicted molar refractivity (Wildman–Crippen MR) is 114 cm³/mol. The molecule has 7 nitrogen and oxygen atoms in total. The van der Waals surface area contributed by atoms with Crippen molar-refractivity contribution in [3.63, 3.8) is 0 Å². The van der Waals surface area contributed by atoms with Gasteiger partial charge in [-0.3, -0.25) is 9.59 Å². The third-order valence-corrected chi connectivity index (χ3v) is 8.32. The van der Waals surface area contributed by atoms with Crippen LogP contribution in [0.4, 0.5) is 5.69 Å². The van der Waals surface area contributed by atoms with Crippen molar-refractivity contribution < 1.29 is 18.0 Å². The zero-order chi connectivity index (χ0) is 21.0. The maximum Gasteiger partial charge on any atom is 0.252 e. The molecule has 2 N–H and O–H groups in total. The number of nitrogens with zero attached hydrogens (tertiary/aromatic N) is 1. The van der Waals surface area contributed by atoms with E-state index in [-0.39, 0.29) is 37.4 Å². The Morgan fingerprint density at radius 1 is 1.24 bits per heavy atom. The van der Waals surface area contributed by atoms with E-state index in [2.05, 4.69) is 10.6 Å². The van der Waals surface area contributed by atoms with E-state index in [4.69, 9.17) is 11.6 Å². The van der Waals surface area contributed by atoms with Crippen LogP contribution in [0.1, 0.15) is 18.4 Å². The van der Waals surface area contributed by atoms with Gasteiger partial charge in [0.15, 0.2) is 0 Å². The number of piperidine rings is 1. The summed E-state index contributed by atoms with van der Waals surface area (Å²) in [4.78, 5) is 24.4. The minimum Gasteiger partial charge on any atom is -0.347 e. The molecule has 0 atom stereocenters. The molecule has 1 saturated heterocycles. The highest BCUT2D eigenvalue weighted by atomic mass is 35.5. The van der Waals surface area contributed by atoms with E-state index < -0.39 is 10.0 Å². The molecule has 1 aromatic heterocycles. The van der Waals surface area contributed by atoms with Crippen LogP contribution < -0.4 is 10.6 Å². The van der Waals surface area contributed by atoms with Crippen molar-refractivity contribution in [3.05, 3.63) is 46.3 Å². The number of benzene rings is 1. The number of sulfonamides is 1. The number of carbonyl (C=O) groups excluding carboxylic acids is 2. The fourth-order valence-corrected chi connectivity index (χ4v) is 6.02. The number of carbonyl (C=O) groups is 2. The minimum atomic E-state index is -3.49. The number of rotatable bonds is 6. The van der Waals surface area contributed by atoms with E-state index in [1.807, 2.05) is 13.0 Å². The van der Waals surface area contributed by atoms with E-state index in [9.17, 15) is 18.0 Å². The quantitative estimate of drug-likeness (QED) is 0.700. The number of nitrogens with one attached hydrogen (secondary N) is 2. The van der Waals surface area contributed by atoms with Crippen molar-refractivity contribution in [2.24, 2.45) is 5.92 Å². The van der Waals surface area contributed by atoms with E-state index in [0.717, 1.165) is 5.56 Å². The topological polar surface area (TPSA) is 95.6 Å². The first-order chi connectivity index (χ1) is 13.8. The molecular weight excluding hydrogens is 434 g/mol. The van der Waals surface area contributed by atoms with Crippen LogP contribution in [-0.4, -0.2) is 44.2 Å². The SMILES string of the molecule is Cc1ccc(NC(=O)CNC(=O)C2CCN(S(=O)(=O)c3cccs3)CC2)c(Cl)c1. The zero-order valence-electron chi connectivity index (χ0n) is 15.9. The monoisotopic (exact) mass is 455 g/mol. The third kappa shape index (κ3) is 5.36. The van der Waals surface area contributed by atoms with Crippen LogP contribution in [0.3, 0.4) is 0 Å². The first-order valence-corrected chi connectivity index (χ1v) is 11.8. The van der Waals surface area contributed by atoms with Crippen LogP contribution in [0.2, 0.25) is 5.02 Å². The highest BCUT2D eigenvalue weighted by molar-refractivity contribution is 7.91. The molecule has 1 fully saturated rings. The van der Waals surface area contributed by atoms with Gasteiger partial charge in [0.25, 0.3) is 10.0 Å². The molecular formula is C19H22ClN3O4S2. The molecule has 1 aliphatic heterocycles. The summed E-state index contributed by atoms with van der Waals surface area (Å²) in [5.41, 5.74) is 1.47. The van der Waals surface area contributed by atoms with Gasteiger partial charge < -0.3 is 10.6 Å². The van der Waals surface area contributed by atoms with Gasteiger partial charge in [-0.05, 0) is 48.9 Å². The number of amides is 2. The van der Waals surface area contributed by atoms with Gasteiger partial charge in [-0.1, -0.05) is 23.7 Å². The van der Waals surface area contributed by atoms with Crippen LogP contribution in [0.25, 0.3) is 0 Å². The van der Waals surface area contributed by atoms with Gasteiger partial charge in [0.05, 0.1) is 17.3 Å². The lowest BCUT2D eigenvalue weighted by atomic mass is 9.97. The number of hydrogen-bond donors (Lipinski definition) is 2. The highest BCUT2D eigenvalue weighted by Crippen LogP contribution is 2.26. The van der Waals surface area contributed by atoms with Crippen molar-refractivity contribution in [1.29, 1.82) is 0 Å². The summed E-state index contributed by atoms with van der Waals surface area (Å²) in [6.07, 6.45) is 0.837. The average Bonchev–Trinajstić information content (AvgIpc) is 3.24. The largest absolute Gasteiger partial charge is 0.347 e. The Hall–Kier alpha value is -1.94. The summed E-state index contributed by atoms with van der Waals surface area (Å²) in [5.74, 6) is -0.939. The van der Waals surface area contributed by atoms with Gasteiger partial charge in [-0.2, -0.15) is 4.31 Å². The van der Waals surface area contributed by atoms with Crippen molar-refractivity contribution in [1.82, 2.24) is 9.62 Å². The molecule has 2 amide bonds. The molecule has 0 aliphatic carbocycles. The summed E-state index contributed by atoms with van der Waals surface area (Å²) in [6.45, 7) is 2.29. The van der Waals surface area contributed by atoms with Crippen LogP contribution >= 0.6 is 22.9 Å². The molecule has 3 rings (SSSR count). The molecule has 0 saturated carbocycles. The van der Waals surface area contributed by atoms with Gasteiger partial charge in [0, 0.05) is 19.0 Å². The second-order valence-corrected chi connectivity index (χ2v) is 10.4. The Labute approximate surface area is 179 Å². The minimum absolute atomic E-state index is 0.170. The number of hydrogen-bond acceptors (Lipinski definition) is 5. The van der Waals surface area contributed by atoms with Crippen molar-refractivity contribution in [3.8, 4) is 0 Å². The molecule has 2 aromatic rings. The second-order valence-electron chi connectivity index (χ2n) is 6.86. The molecule has 0 radical (unpaired) electrons. The number of thiophene rings is 1. The van der Waals surface area contributed by atoms with Crippen LogP contribution in [-0.2, 0) is 19.6 Å². The van der Waals surface area contributed by atoms with Crippen molar-refractivity contribution in [2.75, 3.05) is 25.0 Å². The molecule has 156 valence electrons. The van der Waals surface area contributed by atoms with Crippen LogP contribution in [0, 0.1) is 12.8 Å². The number of aryl methyl sites for hydroxylation is 1. The van der Waals surface area contributed by atoms with Gasteiger partial charge in [-0.25, -0.2) is 8.42 Å².